The van der Waals surface area contributed by atoms with Crippen molar-refractivity contribution in [1.29, 1.82) is 0 Å². The molecule has 0 aromatic carbocycles. The van der Waals surface area contributed by atoms with Gasteiger partial charge >= 0.3 is 0 Å². The lowest BCUT2D eigenvalue weighted by molar-refractivity contribution is -0.123. The number of imidazole rings is 1. The van der Waals surface area contributed by atoms with E-state index < -0.39 is 5.41 Å². The second-order valence-electron chi connectivity index (χ2n) is 9.74. The molecule has 0 spiro atoms. The molecule has 0 radical (unpaired) electrons. The number of hydrogen-bond acceptors (Lipinski definition) is 7. The van der Waals surface area contributed by atoms with Crippen LogP contribution < -0.4 is 5.32 Å². The van der Waals surface area contributed by atoms with E-state index >= 15 is 0 Å². The zero-order chi connectivity index (χ0) is 25.6. The van der Waals surface area contributed by atoms with Crippen LogP contribution in [0, 0.1) is 5.41 Å². The number of carbonyl (C=O) groups is 1. The lowest BCUT2D eigenvalue weighted by atomic mass is 9.95. The topological polar surface area (TPSA) is 138 Å². The highest BCUT2D eigenvalue weighted by molar-refractivity contribution is 5.97. The molecule has 1 amide bonds. The number of amides is 1. The maximum absolute atomic E-state index is 12.4. The van der Waals surface area contributed by atoms with Gasteiger partial charge in [-0.05, 0) is 24.3 Å². The van der Waals surface area contributed by atoms with Crippen LogP contribution >= 0.6 is 0 Å². The Kier molecular flexibility index (Phi) is 5.22. The third-order valence-electron chi connectivity index (χ3n) is 6.01. The quantitative estimate of drug-likeness (QED) is 0.317. The van der Waals surface area contributed by atoms with Gasteiger partial charge in [0.2, 0.25) is 5.91 Å². The molecule has 0 aliphatic rings. The number of pyridine rings is 4. The van der Waals surface area contributed by atoms with E-state index in [9.17, 15) is 4.79 Å². The predicted molar refractivity (Wildman–Crippen MR) is 141 cm³/mol. The summed E-state index contributed by atoms with van der Waals surface area (Å²) in [6.45, 7) is 5.59. The predicted octanol–water partition coefficient (Wildman–Crippen LogP) is 5.00. The number of carbonyl (C=O) groups excluding carboxylic acids is 1. The molecule has 182 valence electrons. The Morgan fingerprint density at radius 1 is 0.946 bits per heavy atom. The lowest BCUT2D eigenvalue weighted by Gasteiger charge is -2.17. The fraction of sp³-hybridized carbons (Fsp3) is 0.148. The van der Waals surface area contributed by atoms with Crippen LogP contribution in [-0.2, 0) is 4.79 Å². The Balaban J connectivity index is 1.40. The standard InChI is InChI=1S/C27H23N9O/c1-27(2,3)26(37)32-17-9-16(12-29-13-17)20-10-19-21(14-31-20)35-36-23(19)25-33-22-18(6-8-30-24(22)34-25)15-5-4-7-28-11-15/h4-14H,1-3H3,(H,32,37)(H,35,36)(H,30,33,34). The molecule has 0 aliphatic carbocycles. The first kappa shape index (κ1) is 22.5. The van der Waals surface area contributed by atoms with Crippen LogP contribution in [0.4, 0.5) is 5.69 Å². The van der Waals surface area contributed by atoms with Crippen LogP contribution in [0.15, 0.2) is 67.5 Å². The Bertz CT molecular complexity index is 1760. The van der Waals surface area contributed by atoms with Crippen LogP contribution in [0.1, 0.15) is 20.8 Å². The minimum atomic E-state index is -0.517. The van der Waals surface area contributed by atoms with Crippen LogP contribution in [0.25, 0.3) is 56.0 Å². The normalized spacial score (nSPS) is 11.8. The van der Waals surface area contributed by atoms with Gasteiger partial charge in [0.25, 0.3) is 0 Å². The van der Waals surface area contributed by atoms with Crippen LogP contribution in [0.2, 0.25) is 0 Å². The number of hydrogen-bond donors (Lipinski definition) is 3. The van der Waals surface area contributed by atoms with Gasteiger partial charge < -0.3 is 10.3 Å². The highest BCUT2D eigenvalue weighted by Gasteiger charge is 2.22. The molecular weight excluding hydrogens is 466 g/mol. The van der Waals surface area contributed by atoms with E-state index in [0.29, 0.717) is 28.5 Å². The van der Waals surface area contributed by atoms with Gasteiger partial charge in [-0.1, -0.05) is 26.8 Å². The van der Waals surface area contributed by atoms with Crippen molar-refractivity contribution in [2.75, 3.05) is 5.32 Å². The highest BCUT2D eigenvalue weighted by atomic mass is 16.2. The van der Waals surface area contributed by atoms with Crippen LogP contribution in [0.3, 0.4) is 0 Å². The van der Waals surface area contributed by atoms with E-state index in [2.05, 4.69) is 40.4 Å². The first-order chi connectivity index (χ1) is 17.9. The van der Waals surface area contributed by atoms with E-state index in [0.717, 1.165) is 33.1 Å². The SMILES string of the molecule is CC(C)(C)C(=O)Nc1cncc(-c2cc3c(-c4nc5nccc(-c6cccnc6)c5[nH]4)n[nH]c3cn2)c1. The number of fused-ring (bicyclic) bond motifs is 2. The molecule has 0 unspecified atom stereocenters. The van der Waals surface area contributed by atoms with E-state index in [1.54, 1.807) is 31.0 Å². The summed E-state index contributed by atoms with van der Waals surface area (Å²) in [5, 5.41) is 11.3. The largest absolute Gasteiger partial charge is 0.335 e. The Labute approximate surface area is 211 Å². The summed E-state index contributed by atoms with van der Waals surface area (Å²) in [7, 11) is 0. The van der Waals surface area contributed by atoms with E-state index in [1.165, 1.54) is 0 Å². The second kappa shape index (κ2) is 8.59. The number of nitrogens with one attached hydrogen (secondary N) is 3. The first-order valence-electron chi connectivity index (χ1n) is 11.7. The molecule has 6 aromatic heterocycles. The first-order valence-corrected chi connectivity index (χ1v) is 11.7. The van der Waals surface area contributed by atoms with Gasteiger partial charge in [0.15, 0.2) is 11.5 Å². The molecule has 10 heteroatoms. The lowest BCUT2D eigenvalue weighted by Crippen LogP contribution is -2.27. The summed E-state index contributed by atoms with van der Waals surface area (Å²) < 4.78 is 0. The molecule has 10 nitrogen and oxygen atoms in total. The van der Waals surface area contributed by atoms with E-state index in [1.807, 2.05) is 57.3 Å². The summed E-state index contributed by atoms with van der Waals surface area (Å²) in [5.41, 5.74) is 6.30. The number of aromatic amines is 2. The van der Waals surface area contributed by atoms with Crippen LogP contribution in [-0.4, -0.2) is 46.0 Å². The number of anilines is 1. The number of aromatic nitrogens is 8. The molecule has 37 heavy (non-hydrogen) atoms. The van der Waals surface area contributed by atoms with Crippen molar-refractivity contribution in [1.82, 2.24) is 40.1 Å². The Morgan fingerprint density at radius 3 is 2.62 bits per heavy atom. The molecule has 0 atom stereocenters. The number of rotatable bonds is 4. The molecule has 6 heterocycles. The third kappa shape index (κ3) is 4.18. The molecule has 0 bridgehead atoms. The van der Waals surface area contributed by atoms with Gasteiger partial charge in [-0.2, -0.15) is 5.10 Å². The molecule has 0 saturated carbocycles. The third-order valence-corrected chi connectivity index (χ3v) is 6.01. The van der Waals surface area contributed by atoms with Gasteiger partial charge in [0.1, 0.15) is 5.69 Å². The van der Waals surface area contributed by atoms with Crippen molar-refractivity contribution < 1.29 is 4.79 Å². The molecule has 6 rings (SSSR count). The fourth-order valence-electron chi connectivity index (χ4n) is 4.01. The zero-order valence-electron chi connectivity index (χ0n) is 20.4. The van der Waals surface area contributed by atoms with Gasteiger partial charge in [0.05, 0.1) is 34.8 Å². The van der Waals surface area contributed by atoms with Crippen molar-refractivity contribution in [3.05, 3.63) is 67.5 Å². The van der Waals surface area contributed by atoms with Crippen molar-refractivity contribution >= 4 is 33.7 Å². The summed E-state index contributed by atoms with van der Waals surface area (Å²) in [4.78, 5) is 38.1. The van der Waals surface area contributed by atoms with Crippen molar-refractivity contribution in [2.24, 2.45) is 5.41 Å². The Hall–Kier alpha value is -4.99. The van der Waals surface area contributed by atoms with Gasteiger partial charge in [-0.25, -0.2) is 9.97 Å². The highest BCUT2D eigenvalue weighted by Crippen LogP contribution is 2.32. The van der Waals surface area contributed by atoms with Crippen LogP contribution in [0.5, 0.6) is 0 Å². The molecule has 0 aliphatic heterocycles. The summed E-state index contributed by atoms with van der Waals surface area (Å²) >= 11 is 0. The van der Waals surface area contributed by atoms with Crippen molar-refractivity contribution in [3.63, 3.8) is 0 Å². The van der Waals surface area contributed by atoms with Gasteiger partial charge in [-0.15, -0.1) is 0 Å². The van der Waals surface area contributed by atoms with Crippen molar-refractivity contribution in [3.8, 4) is 33.9 Å². The van der Waals surface area contributed by atoms with E-state index in [-0.39, 0.29) is 5.91 Å². The summed E-state index contributed by atoms with van der Waals surface area (Å²) in [5.74, 6) is 0.502. The van der Waals surface area contributed by atoms with Gasteiger partial charge in [-0.3, -0.25) is 24.8 Å². The van der Waals surface area contributed by atoms with Crippen molar-refractivity contribution in [2.45, 2.75) is 20.8 Å². The summed E-state index contributed by atoms with van der Waals surface area (Å²) in [6.07, 6.45) is 10.3. The molecular formula is C27H23N9O. The zero-order valence-corrected chi connectivity index (χ0v) is 20.4. The van der Waals surface area contributed by atoms with Gasteiger partial charge in [0, 0.05) is 52.3 Å². The Morgan fingerprint density at radius 2 is 1.81 bits per heavy atom. The number of H-pyrrole nitrogens is 2. The molecule has 6 aromatic rings. The maximum Gasteiger partial charge on any atom is 0.229 e. The second-order valence-corrected chi connectivity index (χ2v) is 9.74. The average Bonchev–Trinajstić information content (AvgIpc) is 3.52. The molecule has 0 saturated heterocycles. The number of nitrogens with zero attached hydrogens (tertiary/aromatic N) is 6. The average molecular weight is 490 g/mol. The smallest absolute Gasteiger partial charge is 0.229 e. The summed E-state index contributed by atoms with van der Waals surface area (Å²) in [6, 6.07) is 9.62. The minimum absolute atomic E-state index is 0.0869. The molecule has 0 fully saturated rings. The monoisotopic (exact) mass is 489 g/mol. The minimum Gasteiger partial charge on any atom is -0.335 e. The van der Waals surface area contributed by atoms with E-state index in [4.69, 9.17) is 4.98 Å². The fourth-order valence-corrected chi connectivity index (χ4v) is 4.01. The molecule has 3 N–H and O–H groups in total. The maximum atomic E-state index is 12.4.